The quantitative estimate of drug-likeness (QED) is 0.926. The van der Waals surface area contributed by atoms with Crippen molar-refractivity contribution >= 4 is 32.6 Å². The van der Waals surface area contributed by atoms with Gasteiger partial charge in [0.1, 0.15) is 0 Å². The Balaban J connectivity index is 2.33. The summed E-state index contributed by atoms with van der Waals surface area (Å²) in [5.41, 5.74) is 7.19. The van der Waals surface area contributed by atoms with E-state index in [2.05, 4.69) is 11.9 Å². The largest absolute Gasteiger partial charge is 0.375 e. The Kier molecular flexibility index (Phi) is 3.52. The average molecular weight is 263 g/mol. The Morgan fingerprint density at radius 3 is 2.94 bits per heavy atom. The summed E-state index contributed by atoms with van der Waals surface area (Å²) in [6, 6.07) is 5.76. The van der Waals surface area contributed by atoms with Crippen molar-refractivity contribution in [1.29, 1.82) is 0 Å². The summed E-state index contributed by atoms with van der Waals surface area (Å²) in [5, 5.41) is 0.532. The van der Waals surface area contributed by atoms with Crippen LogP contribution in [0.4, 0.5) is 5.13 Å². The van der Waals surface area contributed by atoms with Crippen LogP contribution in [-0.2, 0) is 0 Å². The number of nitrogen functional groups attached to an aromatic ring is 1. The molecule has 1 aromatic heterocycles. The fourth-order valence-electron chi connectivity index (χ4n) is 1.75. The molecule has 1 atom stereocenters. The summed E-state index contributed by atoms with van der Waals surface area (Å²) in [6.07, 6.45) is 0.942. The minimum absolute atomic E-state index is 0.0400. The molecule has 0 aliphatic carbocycles. The molecule has 18 heavy (non-hydrogen) atoms. The molecule has 1 amide bonds. The third-order valence-corrected chi connectivity index (χ3v) is 4.07. The van der Waals surface area contributed by atoms with Gasteiger partial charge in [-0.05, 0) is 31.5 Å². The van der Waals surface area contributed by atoms with Crippen molar-refractivity contribution in [3.8, 4) is 0 Å². The molecule has 2 aromatic rings. The standard InChI is InChI=1S/C13H17N3OS/c1-4-8(2)16(3)12(17)9-5-6-10-11(7-9)18-13(14)15-10/h5-8H,4H2,1-3H3,(H2,14,15). The number of nitrogens with two attached hydrogens (primary N) is 1. The van der Waals surface area contributed by atoms with E-state index in [0.29, 0.717) is 10.7 Å². The van der Waals surface area contributed by atoms with Crippen LogP contribution in [0.5, 0.6) is 0 Å². The number of amides is 1. The average Bonchev–Trinajstić information content (AvgIpc) is 2.74. The molecule has 0 saturated heterocycles. The van der Waals surface area contributed by atoms with Crippen molar-refractivity contribution < 1.29 is 4.79 Å². The SMILES string of the molecule is CCC(C)N(C)C(=O)c1ccc2nc(N)sc2c1. The molecule has 2 N–H and O–H groups in total. The normalized spacial score (nSPS) is 12.6. The van der Waals surface area contributed by atoms with Gasteiger partial charge < -0.3 is 10.6 Å². The number of carbonyl (C=O) groups is 1. The second-order valence-corrected chi connectivity index (χ2v) is 5.47. The molecule has 1 aromatic carbocycles. The monoisotopic (exact) mass is 263 g/mol. The van der Waals surface area contributed by atoms with Gasteiger partial charge in [-0.15, -0.1) is 0 Å². The topological polar surface area (TPSA) is 59.2 Å². The number of benzene rings is 1. The van der Waals surface area contributed by atoms with E-state index in [1.807, 2.05) is 32.2 Å². The first-order valence-electron chi connectivity index (χ1n) is 5.96. The van der Waals surface area contributed by atoms with Crippen molar-refractivity contribution in [2.45, 2.75) is 26.3 Å². The smallest absolute Gasteiger partial charge is 0.253 e. The van der Waals surface area contributed by atoms with Gasteiger partial charge in [0.25, 0.3) is 5.91 Å². The molecule has 0 aliphatic heterocycles. The number of anilines is 1. The lowest BCUT2D eigenvalue weighted by Gasteiger charge is -2.23. The Bertz CT molecular complexity index is 579. The molecular formula is C13H17N3OS. The maximum Gasteiger partial charge on any atom is 0.253 e. The van der Waals surface area contributed by atoms with Crippen molar-refractivity contribution in [3.63, 3.8) is 0 Å². The molecule has 0 aliphatic rings. The molecule has 0 bridgehead atoms. The first-order chi connectivity index (χ1) is 8.52. The second kappa shape index (κ2) is 4.94. The van der Waals surface area contributed by atoms with Crippen LogP contribution in [0.1, 0.15) is 30.6 Å². The number of carbonyl (C=O) groups excluding carboxylic acids is 1. The number of thiazole rings is 1. The molecular weight excluding hydrogens is 246 g/mol. The molecule has 4 nitrogen and oxygen atoms in total. The highest BCUT2D eigenvalue weighted by molar-refractivity contribution is 7.22. The molecule has 0 saturated carbocycles. The van der Waals surface area contributed by atoms with Gasteiger partial charge in [-0.25, -0.2) is 4.98 Å². The van der Waals surface area contributed by atoms with Gasteiger partial charge >= 0.3 is 0 Å². The number of aromatic nitrogens is 1. The van der Waals surface area contributed by atoms with E-state index in [-0.39, 0.29) is 11.9 Å². The van der Waals surface area contributed by atoms with Gasteiger partial charge in [0.15, 0.2) is 5.13 Å². The Morgan fingerprint density at radius 2 is 2.28 bits per heavy atom. The zero-order valence-corrected chi connectivity index (χ0v) is 11.6. The molecule has 5 heteroatoms. The highest BCUT2D eigenvalue weighted by Gasteiger charge is 2.16. The molecule has 0 radical (unpaired) electrons. The molecule has 1 heterocycles. The number of hydrogen-bond donors (Lipinski definition) is 1. The van der Waals surface area contributed by atoms with E-state index < -0.39 is 0 Å². The summed E-state index contributed by atoms with van der Waals surface area (Å²) in [6.45, 7) is 4.11. The molecule has 0 spiro atoms. The summed E-state index contributed by atoms with van der Waals surface area (Å²) in [7, 11) is 1.84. The van der Waals surface area contributed by atoms with Gasteiger partial charge in [-0.3, -0.25) is 4.79 Å². The summed E-state index contributed by atoms with van der Waals surface area (Å²) >= 11 is 1.41. The van der Waals surface area contributed by atoms with Crippen LogP contribution in [0.15, 0.2) is 18.2 Å². The van der Waals surface area contributed by atoms with Crippen LogP contribution in [0.3, 0.4) is 0 Å². The van der Waals surface area contributed by atoms with Crippen LogP contribution >= 0.6 is 11.3 Å². The van der Waals surface area contributed by atoms with Crippen molar-refractivity contribution in [2.75, 3.05) is 12.8 Å². The fraction of sp³-hybridized carbons (Fsp3) is 0.385. The van der Waals surface area contributed by atoms with E-state index in [1.54, 1.807) is 4.90 Å². The maximum absolute atomic E-state index is 12.3. The lowest BCUT2D eigenvalue weighted by atomic mass is 10.1. The van der Waals surface area contributed by atoms with E-state index in [4.69, 9.17) is 5.73 Å². The van der Waals surface area contributed by atoms with E-state index in [1.165, 1.54) is 11.3 Å². The molecule has 2 rings (SSSR count). The summed E-state index contributed by atoms with van der Waals surface area (Å²) in [5.74, 6) is 0.0400. The zero-order valence-electron chi connectivity index (χ0n) is 10.8. The first-order valence-corrected chi connectivity index (χ1v) is 6.77. The maximum atomic E-state index is 12.3. The van der Waals surface area contributed by atoms with Gasteiger partial charge in [0.05, 0.1) is 10.2 Å². The molecule has 96 valence electrons. The van der Waals surface area contributed by atoms with Crippen LogP contribution < -0.4 is 5.73 Å². The zero-order chi connectivity index (χ0) is 13.3. The Hall–Kier alpha value is -1.62. The van der Waals surface area contributed by atoms with E-state index >= 15 is 0 Å². The third kappa shape index (κ3) is 2.31. The fourth-order valence-corrected chi connectivity index (χ4v) is 2.53. The predicted molar refractivity (Wildman–Crippen MR) is 75.9 cm³/mol. The summed E-state index contributed by atoms with van der Waals surface area (Å²) in [4.78, 5) is 18.2. The highest BCUT2D eigenvalue weighted by atomic mass is 32.1. The number of hydrogen-bond acceptors (Lipinski definition) is 4. The minimum Gasteiger partial charge on any atom is -0.375 e. The minimum atomic E-state index is 0.0400. The van der Waals surface area contributed by atoms with Crippen LogP contribution in [0, 0.1) is 0 Å². The Morgan fingerprint density at radius 1 is 1.56 bits per heavy atom. The second-order valence-electron chi connectivity index (χ2n) is 4.41. The summed E-state index contributed by atoms with van der Waals surface area (Å²) < 4.78 is 0.955. The van der Waals surface area contributed by atoms with Crippen molar-refractivity contribution in [1.82, 2.24) is 9.88 Å². The van der Waals surface area contributed by atoms with Gasteiger partial charge in [0, 0.05) is 18.7 Å². The lowest BCUT2D eigenvalue weighted by Crippen LogP contribution is -2.34. The predicted octanol–water partition coefficient (Wildman–Crippen LogP) is 2.75. The van der Waals surface area contributed by atoms with Gasteiger partial charge in [-0.1, -0.05) is 18.3 Å². The lowest BCUT2D eigenvalue weighted by molar-refractivity contribution is 0.0741. The number of rotatable bonds is 3. The number of fused-ring (bicyclic) bond motifs is 1. The van der Waals surface area contributed by atoms with Crippen LogP contribution in [0.25, 0.3) is 10.2 Å². The highest BCUT2D eigenvalue weighted by Crippen LogP contribution is 2.25. The molecule has 0 fully saturated rings. The van der Waals surface area contributed by atoms with E-state index in [0.717, 1.165) is 16.6 Å². The van der Waals surface area contributed by atoms with Crippen LogP contribution in [0.2, 0.25) is 0 Å². The third-order valence-electron chi connectivity index (χ3n) is 3.22. The molecule has 1 unspecified atom stereocenters. The van der Waals surface area contributed by atoms with Crippen LogP contribution in [-0.4, -0.2) is 28.9 Å². The first kappa shape index (κ1) is 12.8. The van der Waals surface area contributed by atoms with Crippen molar-refractivity contribution in [3.05, 3.63) is 23.8 Å². The number of nitrogens with zero attached hydrogens (tertiary/aromatic N) is 2. The van der Waals surface area contributed by atoms with Gasteiger partial charge in [0.2, 0.25) is 0 Å². The van der Waals surface area contributed by atoms with Crippen molar-refractivity contribution in [2.24, 2.45) is 0 Å². The Labute approximate surface area is 110 Å². The van der Waals surface area contributed by atoms with Gasteiger partial charge in [-0.2, -0.15) is 0 Å². The van der Waals surface area contributed by atoms with E-state index in [9.17, 15) is 4.79 Å².